The predicted octanol–water partition coefficient (Wildman–Crippen LogP) is 1.16. The van der Waals surface area contributed by atoms with Gasteiger partial charge in [0.05, 0.1) is 11.7 Å². The Morgan fingerprint density at radius 2 is 1.95 bits per heavy atom. The van der Waals surface area contributed by atoms with Gasteiger partial charge in [0.25, 0.3) is 0 Å². The van der Waals surface area contributed by atoms with Gasteiger partial charge in [-0.25, -0.2) is 4.79 Å². The lowest BCUT2D eigenvalue weighted by atomic mass is 10.0. The molecular weight excluding hydrogens is 274 g/mol. The van der Waals surface area contributed by atoms with E-state index in [4.69, 9.17) is 4.42 Å². The van der Waals surface area contributed by atoms with Gasteiger partial charge >= 0.3 is 5.63 Å². The van der Waals surface area contributed by atoms with Crippen molar-refractivity contribution in [2.45, 2.75) is 25.5 Å². The summed E-state index contributed by atoms with van der Waals surface area (Å²) in [6.45, 7) is 1.74. The van der Waals surface area contributed by atoms with Crippen molar-refractivity contribution in [3.8, 4) is 11.5 Å². The maximum Gasteiger partial charge on any atom is 0.336 e. The van der Waals surface area contributed by atoms with Gasteiger partial charge in [0, 0.05) is 31.1 Å². The molecule has 1 aromatic heterocycles. The average molecular weight is 291 g/mol. The average Bonchev–Trinajstić information content (AvgIpc) is 2.47. The van der Waals surface area contributed by atoms with E-state index in [0.29, 0.717) is 49.0 Å². The van der Waals surface area contributed by atoms with Crippen molar-refractivity contribution in [2.24, 2.45) is 0 Å². The highest BCUT2D eigenvalue weighted by molar-refractivity contribution is 5.84. The van der Waals surface area contributed by atoms with Crippen LogP contribution < -0.4 is 5.63 Å². The number of aliphatic hydroxyl groups excluding tert-OH is 1. The van der Waals surface area contributed by atoms with Crippen LogP contribution in [0.3, 0.4) is 0 Å². The number of aliphatic hydroxyl groups is 1. The summed E-state index contributed by atoms with van der Waals surface area (Å²) in [6, 6.07) is 4.21. The number of phenols is 2. The lowest BCUT2D eigenvalue weighted by Crippen LogP contribution is -2.35. The topological polar surface area (TPSA) is 94.1 Å². The van der Waals surface area contributed by atoms with Crippen LogP contribution in [0.4, 0.5) is 0 Å². The molecule has 6 nitrogen and oxygen atoms in total. The molecule has 0 spiro atoms. The third-order valence-corrected chi connectivity index (χ3v) is 3.90. The smallest absolute Gasteiger partial charge is 0.336 e. The molecule has 0 saturated carbocycles. The molecule has 2 heterocycles. The zero-order valence-corrected chi connectivity index (χ0v) is 11.5. The quantitative estimate of drug-likeness (QED) is 0.568. The van der Waals surface area contributed by atoms with Crippen LogP contribution in [0.5, 0.6) is 11.5 Å². The van der Waals surface area contributed by atoms with Crippen molar-refractivity contribution in [1.82, 2.24) is 4.90 Å². The Morgan fingerprint density at radius 1 is 1.24 bits per heavy atom. The SMILES string of the molecule is O=c1ccc2cc(O)c(O)c(CN3CCC(O)CC3)c2o1. The molecule has 0 radical (unpaired) electrons. The number of rotatable bonds is 2. The first-order valence-electron chi connectivity index (χ1n) is 6.92. The molecule has 1 aliphatic rings. The van der Waals surface area contributed by atoms with Gasteiger partial charge in [-0.1, -0.05) is 0 Å². The fraction of sp³-hybridized carbons (Fsp3) is 0.400. The minimum atomic E-state index is -0.497. The molecule has 0 aliphatic carbocycles. The molecule has 0 amide bonds. The van der Waals surface area contributed by atoms with E-state index >= 15 is 0 Å². The lowest BCUT2D eigenvalue weighted by Gasteiger charge is -2.29. The molecule has 2 aromatic rings. The highest BCUT2D eigenvalue weighted by Gasteiger charge is 2.21. The summed E-state index contributed by atoms with van der Waals surface area (Å²) in [7, 11) is 0. The first kappa shape index (κ1) is 13.9. The number of benzene rings is 1. The monoisotopic (exact) mass is 291 g/mol. The fourth-order valence-corrected chi connectivity index (χ4v) is 2.70. The predicted molar refractivity (Wildman–Crippen MR) is 76.3 cm³/mol. The van der Waals surface area contributed by atoms with Gasteiger partial charge < -0.3 is 19.7 Å². The van der Waals surface area contributed by atoms with Crippen molar-refractivity contribution in [3.05, 3.63) is 34.2 Å². The molecule has 112 valence electrons. The fourth-order valence-electron chi connectivity index (χ4n) is 2.70. The molecule has 6 heteroatoms. The molecule has 0 unspecified atom stereocenters. The molecule has 1 aromatic carbocycles. The third-order valence-electron chi connectivity index (χ3n) is 3.90. The first-order chi connectivity index (χ1) is 10.0. The zero-order valence-electron chi connectivity index (χ0n) is 11.5. The maximum atomic E-state index is 11.4. The largest absolute Gasteiger partial charge is 0.504 e. The summed E-state index contributed by atoms with van der Waals surface area (Å²) in [5.41, 5.74) is 0.200. The van der Waals surface area contributed by atoms with Crippen molar-refractivity contribution < 1.29 is 19.7 Å². The van der Waals surface area contributed by atoms with Gasteiger partial charge in [0.1, 0.15) is 5.58 Å². The second-order valence-electron chi connectivity index (χ2n) is 5.40. The van der Waals surface area contributed by atoms with Crippen LogP contribution in [0.1, 0.15) is 18.4 Å². The number of piperidine rings is 1. The van der Waals surface area contributed by atoms with E-state index in [2.05, 4.69) is 0 Å². The number of hydrogen-bond acceptors (Lipinski definition) is 6. The van der Waals surface area contributed by atoms with Crippen molar-refractivity contribution in [3.63, 3.8) is 0 Å². The van der Waals surface area contributed by atoms with Gasteiger partial charge in [-0.3, -0.25) is 4.90 Å². The Bertz CT molecular complexity index is 716. The highest BCUT2D eigenvalue weighted by Crippen LogP contribution is 2.36. The molecule has 1 fully saturated rings. The van der Waals surface area contributed by atoms with Crippen LogP contribution in [-0.4, -0.2) is 39.4 Å². The summed E-state index contributed by atoms with van der Waals surface area (Å²) in [6.07, 6.45) is 1.05. The highest BCUT2D eigenvalue weighted by atomic mass is 16.4. The van der Waals surface area contributed by atoms with E-state index < -0.39 is 5.63 Å². The normalized spacial score (nSPS) is 17.4. The van der Waals surface area contributed by atoms with Crippen LogP contribution in [0.15, 0.2) is 27.4 Å². The molecule has 0 atom stereocenters. The Labute approximate surface area is 120 Å². The van der Waals surface area contributed by atoms with Crippen molar-refractivity contribution >= 4 is 11.0 Å². The summed E-state index contributed by atoms with van der Waals surface area (Å²) >= 11 is 0. The van der Waals surface area contributed by atoms with Crippen LogP contribution in [-0.2, 0) is 6.54 Å². The number of hydrogen-bond donors (Lipinski definition) is 3. The Balaban J connectivity index is 2.01. The van der Waals surface area contributed by atoms with Gasteiger partial charge in [0.2, 0.25) is 0 Å². The maximum absolute atomic E-state index is 11.4. The standard InChI is InChI=1S/C15H17NO5/c17-10-3-5-16(6-4-10)8-11-14(20)12(18)7-9-1-2-13(19)21-15(9)11/h1-2,7,10,17-18,20H,3-6,8H2. The second kappa shape index (κ2) is 5.38. The number of phenolic OH excluding ortho intramolecular Hbond substituents is 2. The molecule has 1 saturated heterocycles. The van der Waals surface area contributed by atoms with Gasteiger partial charge in [-0.15, -0.1) is 0 Å². The molecule has 3 N–H and O–H groups in total. The number of likely N-dealkylation sites (tertiary alicyclic amines) is 1. The minimum Gasteiger partial charge on any atom is -0.504 e. The third kappa shape index (κ3) is 2.72. The van der Waals surface area contributed by atoms with Crippen molar-refractivity contribution in [1.29, 1.82) is 0 Å². The lowest BCUT2D eigenvalue weighted by molar-refractivity contribution is 0.0789. The van der Waals surface area contributed by atoms with Crippen LogP contribution in [0.25, 0.3) is 11.0 Å². The molecule has 0 bridgehead atoms. The Kier molecular flexibility index (Phi) is 3.57. The van der Waals surface area contributed by atoms with Crippen LogP contribution in [0.2, 0.25) is 0 Å². The number of nitrogens with zero attached hydrogens (tertiary/aromatic N) is 1. The van der Waals surface area contributed by atoms with E-state index in [-0.39, 0.29) is 17.6 Å². The Hall–Kier alpha value is -2.05. The van der Waals surface area contributed by atoms with E-state index in [0.717, 1.165) is 0 Å². The molecule has 3 rings (SSSR count). The van der Waals surface area contributed by atoms with Crippen LogP contribution >= 0.6 is 0 Å². The molecule has 1 aliphatic heterocycles. The summed E-state index contributed by atoms with van der Waals surface area (Å²) < 4.78 is 5.19. The van der Waals surface area contributed by atoms with E-state index in [1.807, 2.05) is 4.90 Å². The Morgan fingerprint density at radius 3 is 2.67 bits per heavy atom. The van der Waals surface area contributed by atoms with E-state index in [1.54, 1.807) is 6.07 Å². The number of fused-ring (bicyclic) bond motifs is 1. The van der Waals surface area contributed by atoms with E-state index in [9.17, 15) is 20.1 Å². The van der Waals surface area contributed by atoms with Gasteiger partial charge in [-0.2, -0.15) is 0 Å². The second-order valence-corrected chi connectivity index (χ2v) is 5.40. The first-order valence-corrected chi connectivity index (χ1v) is 6.92. The van der Waals surface area contributed by atoms with Crippen LogP contribution in [0, 0.1) is 0 Å². The molecular formula is C15H17NO5. The number of aromatic hydroxyl groups is 2. The zero-order chi connectivity index (χ0) is 15.0. The summed E-state index contributed by atoms with van der Waals surface area (Å²) in [4.78, 5) is 13.5. The minimum absolute atomic E-state index is 0.233. The van der Waals surface area contributed by atoms with Gasteiger partial charge in [0.15, 0.2) is 11.5 Å². The van der Waals surface area contributed by atoms with E-state index in [1.165, 1.54) is 12.1 Å². The van der Waals surface area contributed by atoms with Gasteiger partial charge in [-0.05, 0) is 25.0 Å². The summed E-state index contributed by atoms with van der Waals surface area (Å²) in [5.74, 6) is -0.494. The summed E-state index contributed by atoms with van der Waals surface area (Å²) in [5, 5.41) is 30.0. The molecule has 21 heavy (non-hydrogen) atoms. The van der Waals surface area contributed by atoms with Crippen molar-refractivity contribution in [2.75, 3.05) is 13.1 Å².